The van der Waals surface area contributed by atoms with Crippen LogP contribution in [0.3, 0.4) is 0 Å². The van der Waals surface area contributed by atoms with E-state index in [-0.39, 0.29) is 31.7 Å². The van der Waals surface area contributed by atoms with Crippen LogP contribution < -0.4 is 22.1 Å². The maximum atomic E-state index is 13.2. The lowest BCUT2D eigenvalue weighted by molar-refractivity contribution is -0.149. The lowest BCUT2D eigenvalue weighted by Gasteiger charge is -2.30. The molecule has 2 rings (SSSR count). The van der Waals surface area contributed by atoms with Crippen molar-refractivity contribution in [3.63, 3.8) is 0 Å². The smallest absolute Gasteiger partial charge is 0.326 e. The summed E-state index contributed by atoms with van der Waals surface area (Å²) in [5.41, 5.74) is 11.9. The number of amides is 4. The van der Waals surface area contributed by atoms with Gasteiger partial charge in [0.25, 0.3) is 0 Å². The molecule has 4 amide bonds. The number of carboxylic acid groups (broad SMARTS) is 1. The number of hydrogen-bond acceptors (Lipinski definition) is 7. The number of hydrogen-bond donors (Lipinski definition) is 6. The molecular formula is C22H35N7O6. The van der Waals surface area contributed by atoms with Gasteiger partial charge in [0.1, 0.15) is 18.1 Å². The van der Waals surface area contributed by atoms with Crippen molar-refractivity contribution in [3.05, 3.63) is 18.2 Å². The average molecular weight is 494 g/mol. The van der Waals surface area contributed by atoms with Crippen LogP contribution in [0.2, 0.25) is 0 Å². The molecule has 194 valence electrons. The summed E-state index contributed by atoms with van der Waals surface area (Å²) in [6.45, 7) is 3.85. The predicted molar refractivity (Wildman–Crippen MR) is 124 cm³/mol. The van der Waals surface area contributed by atoms with Gasteiger partial charge in [-0.1, -0.05) is 20.3 Å². The molecule has 1 aromatic heterocycles. The normalized spacial score (nSPS) is 18.8. The van der Waals surface area contributed by atoms with E-state index >= 15 is 0 Å². The lowest BCUT2D eigenvalue weighted by atomic mass is 9.96. The van der Waals surface area contributed by atoms with Gasteiger partial charge in [0, 0.05) is 31.3 Å². The number of imidazole rings is 1. The highest BCUT2D eigenvalue weighted by Gasteiger charge is 2.39. The van der Waals surface area contributed by atoms with Gasteiger partial charge in [-0.15, -0.1) is 0 Å². The zero-order valence-corrected chi connectivity index (χ0v) is 20.0. The lowest BCUT2D eigenvalue weighted by Crippen LogP contribution is -2.59. The molecule has 1 fully saturated rings. The standard InChI is InChI=1S/C22H35N7O6/c1-3-12(2)18(28-19(31)14(23)9-13-10-25-11-26-13)20(32)27-15(6-7-17(24)30)21(33)29-8-4-5-16(29)22(34)35/h10-12,14-16,18H,3-9,23H2,1-2H3,(H2,24,30)(H,25,26)(H,27,32)(H,28,31)(H,34,35). The minimum atomic E-state index is -1.17. The number of likely N-dealkylation sites (tertiary alicyclic amines) is 1. The van der Waals surface area contributed by atoms with Crippen LogP contribution in [0.4, 0.5) is 0 Å². The number of nitrogens with two attached hydrogens (primary N) is 2. The second kappa shape index (κ2) is 12.8. The second-order valence-corrected chi connectivity index (χ2v) is 8.85. The summed E-state index contributed by atoms with van der Waals surface area (Å²) in [4.78, 5) is 69.9. The first kappa shape index (κ1) is 27.8. The first-order chi connectivity index (χ1) is 16.5. The summed E-state index contributed by atoms with van der Waals surface area (Å²) in [6, 6.07) is -4.11. The number of carboxylic acids is 1. The average Bonchev–Trinajstić information content (AvgIpc) is 3.50. The fourth-order valence-electron chi connectivity index (χ4n) is 3.98. The van der Waals surface area contributed by atoms with Gasteiger partial charge < -0.3 is 37.1 Å². The van der Waals surface area contributed by atoms with E-state index in [4.69, 9.17) is 11.5 Å². The molecule has 0 saturated carbocycles. The maximum absolute atomic E-state index is 13.2. The Bertz CT molecular complexity index is 906. The summed E-state index contributed by atoms with van der Waals surface area (Å²) >= 11 is 0. The number of aromatic amines is 1. The monoisotopic (exact) mass is 493 g/mol. The largest absolute Gasteiger partial charge is 0.480 e. The first-order valence-electron chi connectivity index (χ1n) is 11.7. The van der Waals surface area contributed by atoms with E-state index in [1.54, 1.807) is 13.1 Å². The molecule has 1 aromatic rings. The number of nitrogens with one attached hydrogen (secondary N) is 3. The molecule has 5 atom stereocenters. The molecule has 1 aliphatic rings. The predicted octanol–water partition coefficient (Wildman–Crippen LogP) is -1.36. The Morgan fingerprint density at radius 2 is 1.97 bits per heavy atom. The van der Waals surface area contributed by atoms with Crippen molar-refractivity contribution in [2.24, 2.45) is 17.4 Å². The fourth-order valence-corrected chi connectivity index (χ4v) is 3.98. The minimum Gasteiger partial charge on any atom is -0.480 e. The van der Waals surface area contributed by atoms with Gasteiger partial charge in [-0.2, -0.15) is 0 Å². The Hall–Kier alpha value is -3.48. The first-order valence-corrected chi connectivity index (χ1v) is 11.7. The number of carbonyl (C=O) groups excluding carboxylic acids is 4. The second-order valence-electron chi connectivity index (χ2n) is 8.85. The number of aliphatic carboxylic acids is 1. The molecule has 13 heteroatoms. The molecule has 0 aromatic carbocycles. The molecule has 0 aliphatic carbocycles. The highest BCUT2D eigenvalue weighted by molar-refractivity contribution is 5.94. The quantitative estimate of drug-likeness (QED) is 0.192. The van der Waals surface area contributed by atoms with Crippen molar-refractivity contribution in [3.8, 4) is 0 Å². The summed E-state index contributed by atoms with van der Waals surface area (Å²) < 4.78 is 0. The van der Waals surface area contributed by atoms with Crippen LogP contribution in [0, 0.1) is 5.92 Å². The summed E-state index contributed by atoms with van der Waals surface area (Å²) in [5, 5.41) is 14.7. The van der Waals surface area contributed by atoms with Gasteiger partial charge in [-0.05, 0) is 25.2 Å². The molecule has 0 radical (unpaired) electrons. The summed E-state index contributed by atoms with van der Waals surface area (Å²) in [5.74, 6) is -3.88. The number of aromatic nitrogens is 2. The molecule has 0 spiro atoms. The minimum absolute atomic E-state index is 0.0940. The van der Waals surface area contributed by atoms with Crippen molar-refractivity contribution in [1.29, 1.82) is 0 Å². The van der Waals surface area contributed by atoms with Crippen molar-refractivity contribution in [2.45, 2.75) is 76.5 Å². The van der Waals surface area contributed by atoms with E-state index in [1.807, 2.05) is 6.92 Å². The Labute approximate surface area is 203 Å². The van der Waals surface area contributed by atoms with Crippen LogP contribution in [-0.4, -0.2) is 80.3 Å². The molecule has 1 aliphatic heterocycles. The van der Waals surface area contributed by atoms with Gasteiger partial charge in [0.05, 0.1) is 12.4 Å². The van der Waals surface area contributed by atoms with E-state index in [0.29, 0.717) is 25.0 Å². The van der Waals surface area contributed by atoms with Crippen LogP contribution in [0.1, 0.15) is 51.6 Å². The summed E-state index contributed by atoms with van der Waals surface area (Å²) in [7, 11) is 0. The molecule has 5 unspecified atom stereocenters. The van der Waals surface area contributed by atoms with Crippen molar-refractivity contribution in [2.75, 3.05) is 6.54 Å². The van der Waals surface area contributed by atoms with Crippen molar-refractivity contribution >= 4 is 29.6 Å². The third-order valence-corrected chi connectivity index (χ3v) is 6.24. The molecule has 1 saturated heterocycles. The van der Waals surface area contributed by atoms with Crippen molar-refractivity contribution in [1.82, 2.24) is 25.5 Å². The number of rotatable bonds is 13. The fraction of sp³-hybridized carbons (Fsp3) is 0.636. The molecule has 0 bridgehead atoms. The van der Waals surface area contributed by atoms with Gasteiger partial charge in [-0.3, -0.25) is 19.2 Å². The SMILES string of the molecule is CCC(C)C(NC(=O)C(N)Cc1cnc[nH]1)C(=O)NC(CCC(N)=O)C(=O)N1CCCC1C(=O)O. The topological polar surface area (TPSA) is 214 Å². The highest BCUT2D eigenvalue weighted by atomic mass is 16.4. The van der Waals surface area contributed by atoms with Gasteiger partial charge in [-0.25, -0.2) is 9.78 Å². The zero-order chi connectivity index (χ0) is 26.1. The van der Waals surface area contributed by atoms with Crippen molar-refractivity contribution < 1.29 is 29.1 Å². The van der Waals surface area contributed by atoms with E-state index in [9.17, 15) is 29.1 Å². The van der Waals surface area contributed by atoms with Gasteiger partial charge in [0.2, 0.25) is 23.6 Å². The van der Waals surface area contributed by atoms with E-state index in [0.717, 1.165) is 0 Å². The maximum Gasteiger partial charge on any atom is 0.326 e. The molecule has 8 N–H and O–H groups in total. The molecular weight excluding hydrogens is 458 g/mol. The highest BCUT2D eigenvalue weighted by Crippen LogP contribution is 2.20. The van der Waals surface area contributed by atoms with Gasteiger partial charge in [0.15, 0.2) is 0 Å². The van der Waals surface area contributed by atoms with Gasteiger partial charge >= 0.3 is 5.97 Å². The van der Waals surface area contributed by atoms with Crippen LogP contribution in [0.15, 0.2) is 12.5 Å². The third kappa shape index (κ3) is 7.77. The molecule has 13 nitrogen and oxygen atoms in total. The number of carbonyl (C=O) groups is 5. The van der Waals surface area contributed by atoms with E-state index in [2.05, 4.69) is 20.6 Å². The number of nitrogens with zero attached hydrogens (tertiary/aromatic N) is 2. The Morgan fingerprint density at radius 1 is 1.26 bits per heavy atom. The molecule has 35 heavy (non-hydrogen) atoms. The third-order valence-electron chi connectivity index (χ3n) is 6.24. The summed E-state index contributed by atoms with van der Waals surface area (Å²) in [6.07, 6.45) is 4.28. The van der Waals surface area contributed by atoms with E-state index in [1.165, 1.54) is 11.2 Å². The van der Waals surface area contributed by atoms with Crippen LogP contribution >= 0.6 is 0 Å². The number of primary amides is 1. The molecule has 2 heterocycles. The van der Waals surface area contributed by atoms with Crippen LogP contribution in [-0.2, 0) is 30.4 Å². The zero-order valence-electron chi connectivity index (χ0n) is 20.0. The Morgan fingerprint density at radius 3 is 2.54 bits per heavy atom. The van der Waals surface area contributed by atoms with Crippen LogP contribution in [0.25, 0.3) is 0 Å². The number of H-pyrrole nitrogens is 1. The Kier molecular flexibility index (Phi) is 10.2. The Balaban J connectivity index is 2.15. The van der Waals surface area contributed by atoms with Crippen LogP contribution in [0.5, 0.6) is 0 Å². The van der Waals surface area contributed by atoms with E-state index < -0.39 is 53.8 Å².